The fourth-order valence-electron chi connectivity index (χ4n) is 13.4. The number of rotatable bonds is 77. The molecule has 17 nitrogen and oxygen atoms in total. The fraction of sp³-hybridized carbons (Fsp3) is 0.933. The van der Waals surface area contributed by atoms with E-state index in [-0.39, 0.29) is 36.7 Å². The van der Waals surface area contributed by atoms with E-state index in [0.29, 0.717) is 102 Å². The fourth-order valence-corrected chi connectivity index (χ4v) is 13.4. The van der Waals surface area contributed by atoms with Gasteiger partial charge in [0.15, 0.2) is 0 Å². The lowest BCUT2D eigenvalue weighted by molar-refractivity contribution is -0.146. The first kappa shape index (κ1) is 108. The molecule has 0 aromatic rings. The summed E-state index contributed by atoms with van der Waals surface area (Å²) >= 11 is 0. The molecule has 0 heterocycles. The molecule has 0 bridgehead atoms. The maximum absolute atomic E-state index is 12.8. The van der Waals surface area contributed by atoms with Crippen LogP contribution >= 0.6 is 0 Å². The van der Waals surface area contributed by atoms with E-state index in [1.54, 1.807) is 6.92 Å². The van der Waals surface area contributed by atoms with Gasteiger partial charge < -0.3 is 47.8 Å². The molecule has 0 rings (SSSR count). The SMILES string of the molecule is CCCCCCC(CCCC)COC(=O)CCCC(CCCCCC)OC(=O)OCCN(CCC)CCN(CC)CC.CCCCCCCCCC(=O)OCCN(CCOC(=O)OC(CCCCCC)CCCC(=O)OCC(CCCC)CCCCCC)CCN(CC)CC.CCCCCCCCCC(C)=O. The van der Waals surface area contributed by atoms with Crippen LogP contribution in [0, 0.1) is 11.8 Å². The molecule has 4 unspecified atom stereocenters. The van der Waals surface area contributed by atoms with E-state index in [0.717, 1.165) is 181 Å². The molecule has 0 saturated carbocycles. The average molecular weight is 1520 g/mol. The number of hydrogen-bond acceptors (Lipinski definition) is 17. The molecule has 0 radical (unpaired) electrons. The predicted molar refractivity (Wildman–Crippen MR) is 449 cm³/mol. The van der Waals surface area contributed by atoms with Crippen LogP contribution in [-0.2, 0) is 52.3 Å². The summed E-state index contributed by atoms with van der Waals surface area (Å²) in [5.41, 5.74) is 0. The summed E-state index contributed by atoms with van der Waals surface area (Å²) in [7, 11) is 0. The minimum absolute atomic E-state index is 0.127. The molecule has 0 aliphatic carbocycles. The van der Waals surface area contributed by atoms with Crippen molar-refractivity contribution in [1.82, 2.24) is 19.6 Å². The summed E-state index contributed by atoms with van der Waals surface area (Å²) in [4.78, 5) is 82.8. The highest BCUT2D eigenvalue weighted by molar-refractivity contribution is 5.75. The number of likely N-dealkylation sites (N-methyl/N-ethyl adjacent to an activating group) is 2. The zero-order valence-electron chi connectivity index (χ0n) is 73.1. The van der Waals surface area contributed by atoms with Crippen molar-refractivity contribution < 1.29 is 61.9 Å². The van der Waals surface area contributed by atoms with Gasteiger partial charge in [0.25, 0.3) is 0 Å². The Morgan fingerprint density at radius 3 is 0.860 bits per heavy atom. The topological polar surface area (TPSA) is 180 Å². The third-order valence-corrected chi connectivity index (χ3v) is 20.8. The van der Waals surface area contributed by atoms with Crippen LogP contribution < -0.4 is 0 Å². The zero-order valence-corrected chi connectivity index (χ0v) is 73.1. The molecule has 0 aliphatic rings. The van der Waals surface area contributed by atoms with Crippen LogP contribution in [0.15, 0.2) is 0 Å². The van der Waals surface area contributed by atoms with Crippen molar-refractivity contribution in [3.05, 3.63) is 0 Å². The van der Waals surface area contributed by atoms with Gasteiger partial charge in [-0.1, -0.05) is 283 Å². The Balaban J connectivity index is -0.00000178. The van der Waals surface area contributed by atoms with E-state index < -0.39 is 12.3 Å². The van der Waals surface area contributed by atoms with Crippen molar-refractivity contribution in [3.63, 3.8) is 0 Å². The quantitative estimate of drug-likeness (QED) is 0.0318. The Kier molecular flexibility index (Phi) is 85.4. The van der Waals surface area contributed by atoms with Crippen molar-refractivity contribution in [2.75, 3.05) is 112 Å². The molecule has 107 heavy (non-hydrogen) atoms. The lowest BCUT2D eigenvalue weighted by atomic mass is 9.96. The normalized spacial score (nSPS) is 12.5. The number of esters is 3. The third-order valence-electron chi connectivity index (χ3n) is 20.8. The largest absolute Gasteiger partial charge is 0.508 e. The minimum atomic E-state index is -0.653. The van der Waals surface area contributed by atoms with E-state index >= 15 is 0 Å². The third kappa shape index (κ3) is 77.6. The van der Waals surface area contributed by atoms with Crippen LogP contribution in [0.3, 0.4) is 0 Å². The maximum Gasteiger partial charge on any atom is 0.508 e. The van der Waals surface area contributed by atoms with Gasteiger partial charge in [-0.3, -0.25) is 24.2 Å². The first-order valence-corrected chi connectivity index (χ1v) is 45.6. The molecule has 17 heteroatoms. The number of hydrogen-bond donors (Lipinski definition) is 0. The Morgan fingerprint density at radius 1 is 0.243 bits per heavy atom. The molecule has 0 spiro atoms. The molecule has 0 amide bonds. The van der Waals surface area contributed by atoms with E-state index in [9.17, 15) is 28.8 Å². The van der Waals surface area contributed by atoms with Crippen LogP contribution in [0.5, 0.6) is 0 Å². The highest BCUT2D eigenvalue weighted by Gasteiger charge is 2.22. The standard InChI is InChI=1S/C44H86N2O7.C35H70N2O5.C11H22O/c1-7-13-17-20-21-22-25-31-42(47)50-37-35-46(34-33-45(11-5)12-6)36-38-51-44(49)53-41(29-24-19-15-9-3)30-26-32-43(48)52-39-40(27-16-10-4)28-23-18-14-8-2;1-7-13-16-18-22-32(21-15-9-3)31-41-34(38)25-20-24-33(23-19-17-14-8-2)42-35(39)40-30-29-37(26-10-4)28-27-36(11-5)12-6;1-3-4-5-6-7-8-9-10-11(2)12/h40-41H,7-39H2,1-6H3;32-33H,7-31H2,1-6H3;3-10H2,1-2H3. The summed E-state index contributed by atoms with van der Waals surface area (Å²) < 4.78 is 39.6. The van der Waals surface area contributed by atoms with E-state index in [2.05, 4.69) is 110 Å². The average Bonchev–Trinajstić information content (AvgIpc) is 1.10. The summed E-state index contributed by atoms with van der Waals surface area (Å²) in [6.07, 6.45) is 50.8. The van der Waals surface area contributed by atoms with Crippen molar-refractivity contribution in [2.24, 2.45) is 11.8 Å². The van der Waals surface area contributed by atoms with Crippen molar-refractivity contribution in [2.45, 2.75) is 424 Å². The van der Waals surface area contributed by atoms with Crippen LogP contribution in [0.2, 0.25) is 0 Å². The Morgan fingerprint density at radius 2 is 0.514 bits per heavy atom. The molecule has 0 aliphatic heterocycles. The Bertz CT molecular complexity index is 1930. The summed E-state index contributed by atoms with van der Waals surface area (Å²) in [5, 5.41) is 0. The second-order valence-electron chi connectivity index (χ2n) is 30.6. The monoisotopic (exact) mass is 1520 g/mol. The van der Waals surface area contributed by atoms with Gasteiger partial charge in [0.05, 0.1) is 13.2 Å². The summed E-state index contributed by atoms with van der Waals surface area (Å²) in [6.45, 7) is 42.8. The van der Waals surface area contributed by atoms with Crippen molar-refractivity contribution in [3.8, 4) is 0 Å². The van der Waals surface area contributed by atoms with Gasteiger partial charge in [-0.15, -0.1) is 0 Å². The van der Waals surface area contributed by atoms with Crippen molar-refractivity contribution >= 4 is 36.0 Å². The first-order valence-electron chi connectivity index (χ1n) is 45.6. The van der Waals surface area contributed by atoms with Gasteiger partial charge in [-0.05, 0) is 148 Å². The Hall–Kier alpha value is -3.54. The molecule has 4 atom stereocenters. The van der Waals surface area contributed by atoms with E-state index in [1.165, 1.54) is 154 Å². The molecule has 636 valence electrons. The number of carbonyl (C=O) groups is 6. The van der Waals surface area contributed by atoms with Gasteiger partial charge in [-0.25, -0.2) is 9.59 Å². The van der Waals surface area contributed by atoms with Gasteiger partial charge in [0.1, 0.15) is 37.8 Å². The number of nitrogens with zero attached hydrogens (tertiary/aromatic N) is 4. The van der Waals surface area contributed by atoms with Crippen LogP contribution in [0.1, 0.15) is 412 Å². The number of ether oxygens (including phenoxy) is 7. The number of Topliss-reactive ketones (excluding diaryl/α,β-unsaturated/α-hetero) is 1. The first-order chi connectivity index (χ1) is 52.0. The maximum atomic E-state index is 12.8. The van der Waals surface area contributed by atoms with Gasteiger partial charge >= 0.3 is 30.2 Å². The number of ketones is 1. The molecule has 0 N–H and O–H groups in total. The second kappa shape index (κ2) is 84.9. The molecule has 0 aromatic heterocycles. The smallest absolute Gasteiger partial charge is 0.465 e. The van der Waals surface area contributed by atoms with Crippen LogP contribution in [0.4, 0.5) is 9.59 Å². The zero-order chi connectivity index (χ0) is 79.7. The van der Waals surface area contributed by atoms with E-state index in [1.807, 2.05) is 0 Å². The molecule has 0 aromatic carbocycles. The predicted octanol–water partition coefficient (Wildman–Crippen LogP) is 24.0. The Labute approximate surface area is 661 Å². The summed E-state index contributed by atoms with van der Waals surface area (Å²) in [6, 6.07) is 0. The second-order valence-corrected chi connectivity index (χ2v) is 30.6. The van der Waals surface area contributed by atoms with Gasteiger partial charge in [0, 0.05) is 71.5 Å². The number of carbonyl (C=O) groups excluding carboxylic acids is 6. The lowest BCUT2D eigenvalue weighted by Gasteiger charge is -2.26. The molecule has 0 saturated heterocycles. The molecular formula is C90H178N4O13. The molecular weight excluding hydrogens is 1350 g/mol. The lowest BCUT2D eigenvalue weighted by Crippen LogP contribution is -2.39. The van der Waals surface area contributed by atoms with Gasteiger partial charge in [0.2, 0.25) is 0 Å². The van der Waals surface area contributed by atoms with E-state index in [4.69, 9.17) is 33.2 Å². The molecule has 0 fully saturated rings. The van der Waals surface area contributed by atoms with Crippen molar-refractivity contribution in [1.29, 1.82) is 0 Å². The van der Waals surface area contributed by atoms with Gasteiger partial charge in [-0.2, -0.15) is 0 Å². The van der Waals surface area contributed by atoms with Crippen LogP contribution in [-0.4, -0.2) is 179 Å². The highest BCUT2D eigenvalue weighted by Crippen LogP contribution is 2.23. The summed E-state index contributed by atoms with van der Waals surface area (Å²) in [5.74, 6) is 0.848. The number of unbranched alkanes of at least 4 members (excludes halogenated alkanes) is 26. The van der Waals surface area contributed by atoms with Crippen LogP contribution in [0.25, 0.3) is 0 Å². The minimum Gasteiger partial charge on any atom is -0.465 e. The highest BCUT2D eigenvalue weighted by atomic mass is 16.7.